The molecular formula is C9H15N3O. The molecule has 0 bridgehead atoms. The fraction of sp³-hybridized carbons (Fsp3) is 0.556. The minimum absolute atomic E-state index is 0.0880. The molecule has 0 aliphatic carbocycles. The van der Waals surface area contributed by atoms with Crippen molar-refractivity contribution in [3.63, 3.8) is 0 Å². The summed E-state index contributed by atoms with van der Waals surface area (Å²) in [6.45, 7) is 5.07. The van der Waals surface area contributed by atoms with E-state index in [1.807, 2.05) is 0 Å². The average molecular weight is 181 g/mol. The topological polar surface area (TPSA) is 46.9 Å². The minimum atomic E-state index is -0.0880. The van der Waals surface area contributed by atoms with E-state index in [4.69, 9.17) is 0 Å². The average Bonchev–Trinajstić information content (AvgIpc) is 2.50. The molecule has 0 fully saturated rings. The Balaban J connectivity index is 2.69. The van der Waals surface area contributed by atoms with E-state index in [0.29, 0.717) is 11.5 Å². The summed E-state index contributed by atoms with van der Waals surface area (Å²) in [5, 5.41) is 6.64. The molecule has 72 valence electrons. The van der Waals surface area contributed by atoms with Gasteiger partial charge in [0.15, 0.2) is 0 Å². The van der Waals surface area contributed by atoms with Gasteiger partial charge in [-0.2, -0.15) is 5.10 Å². The van der Waals surface area contributed by atoms with E-state index < -0.39 is 0 Å². The SMILES string of the molecule is CNC(=O)c1cnn(CC(C)C)c1. The van der Waals surface area contributed by atoms with Crippen molar-refractivity contribution in [3.8, 4) is 0 Å². The normalized spacial score (nSPS) is 10.5. The fourth-order valence-electron chi connectivity index (χ4n) is 1.10. The Labute approximate surface area is 77.9 Å². The van der Waals surface area contributed by atoms with Crippen LogP contribution in [0, 0.1) is 5.92 Å². The molecule has 1 rings (SSSR count). The summed E-state index contributed by atoms with van der Waals surface area (Å²) in [6, 6.07) is 0. The molecule has 1 amide bonds. The number of nitrogens with one attached hydrogen (secondary N) is 1. The number of hydrogen-bond donors (Lipinski definition) is 1. The zero-order valence-electron chi connectivity index (χ0n) is 8.24. The second-order valence-electron chi connectivity index (χ2n) is 3.42. The first-order valence-corrected chi connectivity index (χ1v) is 4.38. The fourth-order valence-corrected chi connectivity index (χ4v) is 1.10. The largest absolute Gasteiger partial charge is 0.355 e. The molecule has 0 saturated carbocycles. The van der Waals surface area contributed by atoms with Crippen molar-refractivity contribution >= 4 is 5.91 Å². The van der Waals surface area contributed by atoms with Crippen molar-refractivity contribution in [2.45, 2.75) is 20.4 Å². The predicted octanol–water partition coefficient (Wildman–Crippen LogP) is 0.899. The third kappa shape index (κ3) is 2.57. The third-order valence-electron chi connectivity index (χ3n) is 1.67. The van der Waals surface area contributed by atoms with E-state index in [1.54, 1.807) is 24.1 Å². The van der Waals surface area contributed by atoms with Gasteiger partial charge in [0.1, 0.15) is 0 Å². The highest BCUT2D eigenvalue weighted by Gasteiger charge is 2.06. The van der Waals surface area contributed by atoms with E-state index in [0.717, 1.165) is 6.54 Å². The van der Waals surface area contributed by atoms with E-state index in [-0.39, 0.29) is 5.91 Å². The highest BCUT2D eigenvalue weighted by molar-refractivity contribution is 5.93. The molecule has 0 aliphatic heterocycles. The zero-order chi connectivity index (χ0) is 9.84. The summed E-state index contributed by atoms with van der Waals surface area (Å²) in [6.07, 6.45) is 3.35. The van der Waals surface area contributed by atoms with Gasteiger partial charge in [-0.3, -0.25) is 9.48 Å². The second kappa shape index (κ2) is 4.07. The van der Waals surface area contributed by atoms with E-state index in [2.05, 4.69) is 24.3 Å². The molecule has 0 radical (unpaired) electrons. The van der Waals surface area contributed by atoms with Crippen molar-refractivity contribution in [2.75, 3.05) is 7.05 Å². The van der Waals surface area contributed by atoms with Gasteiger partial charge in [0, 0.05) is 19.8 Å². The molecule has 0 aliphatic rings. The molecule has 0 aromatic carbocycles. The first-order chi connectivity index (χ1) is 6.13. The quantitative estimate of drug-likeness (QED) is 0.753. The molecule has 1 aromatic heterocycles. The Kier molecular flexibility index (Phi) is 3.06. The Morgan fingerprint density at radius 1 is 1.69 bits per heavy atom. The van der Waals surface area contributed by atoms with Crippen LogP contribution in [0.3, 0.4) is 0 Å². The van der Waals surface area contributed by atoms with Gasteiger partial charge in [0.2, 0.25) is 0 Å². The van der Waals surface area contributed by atoms with Gasteiger partial charge in [-0.25, -0.2) is 0 Å². The molecule has 0 saturated heterocycles. The molecule has 1 N–H and O–H groups in total. The summed E-state index contributed by atoms with van der Waals surface area (Å²) in [4.78, 5) is 11.1. The summed E-state index contributed by atoms with van der Waals surface area (Å²) in [5.41, 5.74) is 0.614. The van der Waals surface area contributed by atoms with Crippen LogP contribution in [0.15, 0.2) is 12.4 Å². The van der Waals surface area contributed by atoms with Crippen molar-refractivity contribution in [3.05, 3.63) is 18.0 Å². The highest BCUT2D eigenvalue weighted by atomic mass is 16.1. The zero-order valence-corrected chi connectivity index (χ0v) is 8.24. The van der Waals surface area contributed by atoms with Gasteiger partial charge >= 0.3 is 0 Å². The molecule has 4 nitrogen and oxygen atoms in total. The summed E-state index contributed by atoms with van der Waals surface area (Å²) >= 11 is 0. The van der Waals surface area contributed by atoms with Crippen molar-refractivity contribution in [1.82, 2.24) is 15.1 Å². The van der Waals surface area contributed by atoms with Crippen LogP contribution < -0.4 is 5.32 Å². The molecule has 1 heterocycles. The van der Waals surface area contributed by atoms with Crippen molar-refractivity contribution in [1.29, 1.82) is 0 Å². The maximum absolute atomic E-state index is 11.1. The number of carbonyl (C=O) groups excluding carboxylic acids is 1. The van der Waals surface area contributed by atoms with Gasteiger partial charge in [-0.05, 0) is 5.92 Å². The maximum atomic E-state index is 11.1. The van der Waals surface area contributed by atoms with Gasteiger partial charge in [0.05, 0.1) is 11.8 Å². The summed E-state index contributed by atoms with van der Waals surface area (Å²) in [5.74, 6) is 0.451. The van der Waals surface area contributed by atoms with E-state index >= 15 is 0 Å². The lowest BCUT2D eigenvalue weighted by Gasteiger charge is -2.03. The van der Waals surface area contributed by atoms with Crippen molar-refractivity contribution in [2.24, 2.45) is 5.92 Å². The van der Waals surface area contributed by atoms with E-state index in [1.165, 1.54) is 0 Å². The first kappa shape index (κ1) is 9.77. The van der Waals surface area contributed by atoms with Gasteiger partial charge in [-0.15, -0.1) is 0 Å². The molecule has 0 spiro atoms. The lowest BCUT2D eigenvalue weighted by molar-refractivity contribution is 0.0963. The van der Waals surface area contributed by atoms with Crippen LogP contribution in [0.25, 0.3) is 0 Å². The van der Waals surface area contributed by atoms with Gasteiger partial charge in [0.25, 0.3) is 5.91 Å². The van der Waals surface area contributed by atoms with E-state index in [9.17, 15) is 4.79 Å². The van der Waals surface area contributed by atoms with Crippen LogP contribution in [-0.2, 0) is 6.54 Å². The molecular weight excluding hydrogens is 166 g/mol. The smallest absolute Gasteiger partial charge is 0.254 e. The summed E-state index contributed by atoms with van der Waals surface area (Å²) < 4.78 is 1.79. The molecule has 0 unspecified atom stereocenters. The molecule has 0 atom stereocenters. The Bertz CT molecular complexity index is 291. The monoisotopic (exact) mass is 181 g/mol. The lowest BCUT2D eigenvalue weighted by Crippen LogP contribution is -2.17. The lowest BCUT2D eigenvalue weighted by atomic mass is 10.2. The van der Waals surface area contributed by atoms with Crippen LogP contribution in [0.2, 0.25) is 0 Å². The van der Waals surface area contributed by atoms with Crippen molar-refractivity contribution < 1.29 is 4.79 Å². The number of hydrogen-bond acceptors (Lipinski definition) is 2. The van der Waals surface area contributed by atoms with Crippen LogP contribution >= 0.6 is 0 Å². The second-order valence-corrected chi connectivity index (χ2v) is 3.42. The number of nitrogens with zero attached hydrogens (tertiary/aromatic N) is 2. The van der Waals surface area contributed by atoms with Crippen LogP contribution in [0.5, 0.6) is 0 Å². The molecule has 13 heavy (non-hydrogen) atoms. The van der Waals surface area contributed by atoms with Gasteiger partial charge in [-0.1, -0.05) is 13.8 Å². The Hall–Kier alpha value is -1.32. The number of carbonyl (C=O) groups is 1. The maximum Gasteiger partial charge on any atom is 0.254 e. The predicted molar refractivity (Wildman–Crippen MR) is 50.5 cm³/mol. The van der Waals surface area contributed by atoms with Crippen LogP contribution in [0.1, 0.15) is 24.2 Å². The number of rotatable bonds is 3. The van der Waals surface area contributed by atoms with Crippen LogP contribution in [0.4, 0.5) is 0 Å². The number of aromatic nitrogens is 2. The van der Waals surface area contributed by atoms with Crippen LogP contribution in [-0.4, -0.2) is 22.7 Å². The Morgan fingerprint density at radius 2 is 2.38 bits per heavy atom. The summed E-state index contributed by atoms with van der Waals surface area (Å²) in [7, 11) is 1.61. The standard InChI is InChI=1S/C9H15N3O/c1-7(2)5-12-6-8(4-11-12)9(13)10-3/h4,6-7H,5H2,1-3H3,(H,10,13). The molecule has 1 aromatic rings. The minimum Gasteiger partial charge on any atom is -0.355 e. The third-order valence-corrected chi connectivity index (χ3v) is 1.67. The Morgan fingerprint density at radius 3 is 2.92 bits per heavy atom. The molecule has 4 heteroatoms. The highest BCUT2D eigenvalue weighted by Crippen LogP contribution is 2.01. The number of amides is 1. The first-order valence-electron chi connectivity index (χ1n) is 4.38. The van der Waals surface area contributed by atoms with Gasteiger partial charge < -0.3 is 5.32 Å².